The van der Waals surface area contributed by atoms with Crippen molar-refractivity contribution >= 4 is 11.6 Å². The zero-order valence-corrected chi connectivity index (χ0v) is 15.3. The first-order valence-corrected chi connectivity index (χ1v) is 8.78. The van der Waals surface area contributed by atoms with Gasteiger partial charge in [0, 0.05) is 35.1 Å². The number of imidazole rings is 1. The molecular weight excluding hydrogens is 367 g/mol. The molecule has 136 valence electrons. The summed E-state index contributed by atoms with van der Waals surface area (Å²) in [6.07, 6.45) is 5.79. The van der Waals surface area contributed by atoms with Crippen LogP contribution >= 0.6 is 11.6 Å². The molecule has 0 atom stereocenters. The molecule has 0 radical (unpaired) electrons. The van der Waals surface area contributed by atoms with Crippen molar-refractivity contribution in [2.45, 2.75) is 19.9 Å². The third-order valence-corrected chi connectivity index (χ3v) is 4.69. The largest absolute Gasteiger partial charge is 0.336 e. The Balaban J connectivity index is 1.54. The third kappa shape index (κ3) is 3.59. The fraction of sp³-hybridized carbons (Fsp3) is 0.158. The molecule has 8 heteroatoms. The Bertz CT molecular complexity index is 1070. The second-order valence-electron chi connectivity index (χ2n) is 6.13. The predicted octanol–water partition coefficient (Wildman–Crippen LogP) is 4.07. The minimum atomic E-state index is -0.291. The molecule has 0 aliphatic carbocycles. The number of hydrogen-bond acceptors (Lipinski definition) is 4. The molecule has 0 spiro atoms. The molecule has 6 nitrogen and oxygen atoms in total. The Morgan fingerprint density at radius 1 is 1.15 bits per heavy atom. The smallest absolute Gasteiger partial charge is 0.127 e. The summed E-state index contributed by atoms with van der Waals surface area (Å²) in [4.78, 5) is 8.81. The first kappa shape index (κ1) is 17.4. The fourth-order valence-corrected chi connectivity index (χ4v) is 3.16. The molecule has 0 bridgehead atoms. The monoisotopic (exact) mass is 382 g/mol. The number of H-pyrrole nitrogens is 1. The molecule has 4 rings (SSSR count). The highest BCUT2D eigenvalue weighted by molar-refractivity contribution is 6.31. The summed E-state index contributed by atoms with van der Waals surface area (Å²) in [5, 5.41) is 11.3. The van der Waals surface area contributed by atoms with Crippen molar-refractivity contribution in [3.8, 4) is 22.6 Å². The number of aromatic nitrogens is 6. The zero-order chi connectivity index (χ0) is 18.8. The van der Waals surface area contributed by atoms with E-state index in [-0.39, 0.29) is 5.82 Å². The number of nitrogens with zero attached hydrogens (tertiary/aromatic N) is 5. The Morgan fingerprint density at radius 3 is 2.81 bits per heavy atom. The number of hydrogen-bond donors (Lipinski definition) is 1. The molecule has 1 N–H and O–H groups in total. The van der Waals surface area contributed by atoms with Gasteiger partial charge in [0.15, 0.2) is 0 Å². The highest BCUT2D eigenvalue weighted by Crippen LogP contribution is 2.24. The highest BCUT2D eigenvalue weighted by Gasteiger charge is 2.11. The van der Waals surface area contributed by atoms with E-state index in [1.165, 1.54) is 6.07 Å². The van der Waals surface area contributed by atoms with Gasteiger partial charge in [-0.15, -0.1) is 0 Å². The number of aromatic amines is 1. The molecule has 0 saturated carbocycles. The Morgan fingerprint density at radius 2 is 2.04 bits per heavy atom. The van der Waals surface area contributed by atoms with Crippen molar-refractivity contribution in [1.82, 2.24) is 29.9 Å². The molecular formula is C19H16ClFN6. The van der Waals surface area contributed by atoms with E-state index in [4.69, 9.17) is 11.6 Å². The van der Waals surface area contributed by atoms with Crippen molar-refractivity contribution in [1.29, 1.82) is 0 Å². The van der Waals surface area contributed by atoms with Crippen molar-refractivity contribution < 1.29 is 4.39 Å². The van der Waals surface area contributed by atoms with Crippen LogP contribution in [0.25, 0.3) is 22.6 Å². The lowest BCUT2D eigenvalue weighted by Gasteiger charge is -2.06. The maximum atomic E-state index is 13.9. The van der Waals surface area contributed by atoms with Gasteiger partial charge in [0.2, 0.25) is 0 Å². The second-order valence-corrected chi connectivity index (χ2v) is 6.54. The lowest BCUT2D eigenvalue weighted by molar-refractivity contribution is 0.593. The van der Waals surface area contributed by atoms with Crippen LogP contribution < -0.4 is 0 Å². The van der Waals surface area contributed by atoms with Crippen molar-refractivity contribution in [2.24, 2.45) is 0 Å². The Labute approximate surface area is 160 Å². The van der Waals surface area contributed by atoms with Gasteiger partial charge in [0.1, 0.15) is 17.2 Å². The number of benzene rings is 1. The Hall–Kier alpha value is -3.06. The van der Waals surface area contributed by atoms with Gasteiger partial charge in [-0.25, -0.2) is 9.37 Å². The lowest BCUT2D eigenvalue weighted by Crippen LogP contribution is -2.01. The average molecular weight is 383 g/mol. The second kappa shape index (κ2) is 7.28. The molecule has 0 amide bonds. The van der Waals surface area contributed by atoms with E-state index < -0.39 is 0 Å². The van der Waals surface area contributed by atoms with Gasteiger partial charge in [0.05, 0.1) is 17.7 Å². The minimum absolute atomic E-state index is 0.291. The molecule has 1 aromatic carbocycles. The average Bonchev–Trinajstić information content (AvgIpc) is 3.30. The van der Waals surface area contributed by atoms with Crippen LogP contribution in [0.5, 0.6) is 0 Å². The molecule has 27 heavy (non-hydrogen) atoms. The highest BCUT2D eigenvalue weighted by atomic mass is 35.5. The zero-order valence-electron chi connectivity index (χ0n) is 14.5. The number of rotatable bonds is 5. The molecule has 0 saturated heterocycles. The molecule has 3 heterocycles. The van der Waals surface area contributed by atoms with Crippen LogP contribution in [0, 0.1) is 12.7 Å². The molecule has 0 aliphatic heterocycles. The number of nitrogens with one attached hydrogen (secondary N) is 1. The van der Waals surface area contributed by atoms with Crippen molar-refractivity contribution in [2.75, 3.05) is 0 Å². The quantitative estimate of drug-likeness (QED) is 0.564. The van der Waals surface area contributed by atoms with Gasteiger partial charge < -0.3 is 4.57 Å². The molecule has 0 unspecified atom stereocenters. The van der Waals surface area contributed by atoms with Crippen LogP contribution in [0.4, 0.5) is 4.39 Å². The van der Waals surface area contributed by atoms with Crippen molar-refractivity contribution in [3.63, 3.8) is 0 Å². The van der Waals surface area contributed by atoms with Crippen LogP contribution in [0.3, 0.4) is 0 Å². The summed E-state index contributed by atoms with van der Waals surface area (Å²) < 4.78 is 15.8. The predicted molar refractivity (Wildman–Crippen MR) is 101 cm³/mol. The van der Waals surface area contributed by atoms with Gasteiger partial charge in [-0.1, -0.05) is 17.7 Å². The van der Waals surface area contributed by atoms with E-state index in [1.807, 2.05) is 29.8 Å². The van der Waals surface area contributed by atoms with E-state index in [0.717, 1.165) is 28.3 Å². The summed E-state index contributed by atoms with van der Waals surface area (Å²) >= 11 is 6.09. The van der Waals surface area contributed by atoms with Gasteiger partial charge in [0.25, 0.3) is 0 Å². The van der Waals surface area contributed by atoms with Gasteiger partial charge in [-0.3, -0.25) is 4.98 Å². The van der Waals surface area contributed by atoms with Crippen molar-refractivity contribution in [3.05, 3.63) is 71.2 Å². The fourth-order valence-electron chi connectivity index (χ4n) is 2.90. The Kier molecular flexibility index (Phi) is 4.68. The van der Waals surface area contributed by atoms with Crippen LogP contribution in [0.2, 0.25) is 5.02 Å². The van der Waals surface area contributed by atoms with Crippen LogP contribution in [0.1, 0.15) is 11.3 Å². The molecule has 4 aromatic rings. The number of pyridine rings is 1. The topological polar surface area (TPSA) is 72.3 Å². The van der Waals surface area contributed by atoms with Crippen LogP contribution in [-0.2, 0) is 13.0 Å². The van der Waals surface area contributed by atoms with Crippen LogP contribution in [0.15, 0.2) is 49.1 Å². The molecule has 0 aliphatic rings. The lowest BCUT2D eigenvalue weighted by atomic mass is 10.1. The standard InChI is InChI=1S/C19H16ClFN6/c1-12-19(25-26-24-12)13-5-7-22-17(9-13)18-10-27(11-23-18)8-6-14-15(20)3-2-4-16(14)21/h2-5,7,9-11H,6,8H2,1H3,(H,24,25,26). The summed E-state index contributed by atoms with van der Waals surface area (Å²) in [6, 6.07) is 8.52. The summed E-state index contributed by atoms with van der Waals surface area (Å²) in [5.74, 6) is -0.291. The number of aryl methyl sites for hydroxylation is 2. The summed E-state index contributed by atoms with van der Waals surface area (Å²) in [7, 11) is 0. The van der Waals surface area contributed by atoms with E-state index in [0.29, 0.717) is 23.6 Å². The number of halogens is 2. The summed E-state index contributed by atoms with van der Waals surface area (Å²) in [6.45, 7) is 2.46. The van der Waals surface area contributed by atoms with E-state index in [1.54, 1.807) is 24.7 Å². The first-order chi connectivity index (χ1) is 13.1. The van der Waals surface area contributed by atoms with Crippen LogP contribution in [-0.4, -0.2) is 29.9 Å². The molecule has 3 aromatic heterocycles. The van der Waals surface area contributed by atoms with Gasteiger partial charge >= 0.3 is 0 Å². The van der Waals surface area contributed by atoms with E-state index >= 15 is 0 Å². The molecule has 0 fully saturated rings. The van der Waals surface area contributed by atoms with E-state index in [9.17, 15) is 4.39 Å². The third-order valence-electron chi connectivity index (χ3n) is 4.33. The normalized spacial score (nSPS) is 11.1. The summed E-state index contributed by atoms with van der Waals surface area (Å²) in [5.41, 5.74) is 4.50. The van der Waals surface area contributed by atoms with E-state index in [2.05, 4.69) is 25.4 Å². The first-order valence-electron chi connectivity index (χ1n) is 8.40. The van der Waals surface area contributed by atoms with Gasteiger partial charge in [-0.05, 0) is 37.6 Å². The maximum Gasteiger partial charge on any atom is 0.127 e. The van der Waals surface area contributed by atoms with Gasteiger partial charge in [-0.2, -0.15) is 15.4 Å². The SMILES string of the molecule is Cc1n[nH]nc1-c1ccnc(-c2cn(CCc3c(F)cccc3Cl)cn2)c1. The maximum absolute atomic E-state index is 13.9. The minimum Gasteiger partial charge on any atom is -0.336 e.